The molecule has 29 heavy (non-hydrogen) atoms. The Labute approximate surface area is 179 Å². The largest absolute Gasteiger partial charge is 0.326 e. The van der Waals surface area contributed by atoms with E-state index in [1.807, 2.05) is 19.2 Å². The van der Waals surface area contributed by atoms with E-state index in [9.17, 15) is 13.0 Å². The van der Waals surface area contributed by atoms with Gasteiger partial charge in [-0.25, -0.2) is 13.1 Å². The van der Waals surface area contributed by atoms with Gasteiger partial charge < -0.3 is 9.79 Å². The van der Waals surface area contributed by atoms with Crippen LogP contribution in [0, 0.1) is 0 Å². The molecule has 2 aromatic rings. The monoisotopic (exact) mass is 478 g/mol. The molecule has 0 bridgehead atoms. The molecule has 1 atom stereocenters. The van der Waals surface area contributed by atoms with E-state index in [0.29, 0.717) is 10.0 Å². The first-order valence-corrected chi connectivity index (χ1v) is 12.8. The first kappa shape index (κ1) is 22.7. The van der Waals surface area contributed by atoms with Crippen molar-refractivity contribution in [2.24, 2.45) is 0 Å². The Morgan fingerprint density at radius 2 is 1.97 bits per heavy atom. The lowest BCUT2D eigenvalue weighted by atomic mass is 9.88. The van der Waals surface area contributed by atoms with Gasteiger partial charge in [-0.05, 0) is 54.4 Å². The molecule has 7 nitrogen and oxygen atoms in total. The molecule has 0 saturated heterocycles. The zero-order chi connectivity index (χ0) is 21.4. The van der Waals surface area contributed by atoms with E-state index in [0.717, 1.165) is 29.7 Å². The van der Waals surface area contributed by atoms with Crippen molar-refractivity contribution in [1.29, 1.82) is 0 Å². The van der Waals surface area contributed by atoms with Gasteiger partial charge in [0.15, 0.2) is 0 Å². The summed E-state index contributed by atoms with van der Waals surface area (Å²) >= 11 is 12.6. The Hall–Kier alpha value is -0.960. The van der Waals surface area contributed by atoms with E-state index in [1.54, 1.807) is 18.2 Å². The summed E-state index contributed by atoms with van der Waals surface area (Å²) in [6, 6.07) is 9.78. The predicted octanol–water partition coefficient (Wildman–Crippen LogP) is 3.03. The summed E-state index contributed by atoms with van der Waals surface area (Å²) in [7, 11) is -6.27. The number of halogens is 2. The molecule has 0 aromatic heterocycles. The van der Waals surface area contributed by atoms with Gasteiger partial charge in [-0.2, -0.15) is 0 Å². The molecule has 0 fully saturated rings. The van der Waals surface area contributed by atoms with Crippen LogP contribution in [0.1, 0.15) is 22.7 Å². The Bertz CT molecular complexity index is 1070. The highest BCUT2D eigenvalue weighted by Crippen LogP contribution is 2.40. The number of benzene rings is 2. The summed E-state index contributed by atoms with van der Waals surface area (Å²) in [4.78, 5) is 19.9. The topological polar surface area (TPSA) is 107 Å². The van der Waals surface area contributed by atoms with Crippen molar-refractivity contribution in [2.45, 2.75) is 17.4 Å². The van der Waals surface area contributed by atoms with Crippen LogP contribution >= 0.6 is 30.8 Å². The fourth-order valence-corrected chi connectivity index (χ4v) is 5.76. The maximum Gasteiger partial charge on any atom is 0.326 e. The number of nitrogens with one attached hydrogen (secondary N) is 1. The highest BCUT2D eigenvalue weighted by atomic mass is 35.5. The van der Waals surface area contributed by atoms with E-state index in [-0.39, 0.29) is 17.5 Å². The van der Waals surface area contributed by atoms with E-state index in [4.69, 9.17) is 33.0 Å². The lowest BCUT2D eigenvalue weighted by molar-refractivity contribution is 0.264. The molecule has 3 rings (SSSR count). The SMILES string of the molecule is CN1CCc2cc(Cl)cc(Cl)c2C1c1cccc(S(=O)(=O)NCCP(=O)(O)O)c1. The average molecular weight is 479 g/mol. The number of sulfonamides is 1. The van der Waals surface area contributed by atoms with Crippen LogP contribution in [0.5, 0.6) is 0 Å². The molecular weight excluding hydrogens is 458 g/mol. The van der Waals surface area contributed by atoms with Crippen molar-refractivity contribution in [1.82, 2.24) is 9.62 Å². The lowest BCUT2D eigenvalue weighted by Crippen LogP contribution is -2.33. The second-order valence-electron chi connectivity index (χ2n) is 6.95. The van der Waals surface area contributed by atoms with Crippen molar-refractivity contribution in [2.75, 3.05) is 26.3 Å². The maximum absolute atomic E-state index is 12.6. The van der Waals surface area contributed by atoms with Crippen LogP contribution in [0.15, 0.2) is 41.3 Å². The highest BCUT2D eigenvalue weighted by molar-refractivity contribution is 7.89. The zero-order valence-electron chi connectivity index (χ0n) is 15.5. The Balaban J connectivity index is 1.95. The lowest BCUT2D eigenvalue weighted by Gasteiger charge is -2.36. The molecule has 1 heterocycles. The minimum Gasteiger partial charge on any atom is -0.324 e. The third-order valence-electron chi connectivity index (χ3n) is 4.81. The van der Waals surface area contributed by atoms with E-state index < -0.39 is 23.8 Å². The fourth-order valence-electron chi connectivity index (χ4n) is 3.48. The zero-order valence-corrected chi connectivity index (χ0v) is 18.8. The molecular formula is C18H21Cl2N2O5PS. The molecule has 0 radical (unpaired) electrons. The van der Waals surface area contributed by atoms with Gasteiger partial charge in [0.1, 0.15) is 0 Å². The number of fused-ring (bicyclic) bond motifs is 1. The summed E-state index contributed by atoms with van der Waals surface area (Å²) in [5.74, 6) is 0. The van der Waals surface area contributed by atoms with Crippen molar-refractivity contribution >= 4 is 40.8 Å². The third-order valence-corrected chi connectivity index (χ3v) is 7.60. The van der Waals surface area contributed by atoms with Crippen molar-refractivity contribution in [3.63, 3.8) is 0 Å². The Kier molecular flexibility index (Phi) is 6.78. The summed E-state index contributed by atoms with van der Waals surface area (Å²) in [5.41, 5.74) is 2.67. The van der Waals surface area contributed by atoms with E-state index in [1.165, 1.54) is 6.07 Å². The van der Waals surface area contributed by atoms with Gasteiger partial charge in [0, 0.05) is 23.1 Å². The van der Waals surface area contributed by atoms with Crippen molar-refractivity contribution < 1.29 is 22.8 Å². The smallest absolute Gasteiger partial charge is 0.324 e. The molecule has 2 aromatic carbocycles. The maximum atomic E-state index is 12.6. The molecule has 0 amide bonds. The predicted molar refractivity (Wildman–Crippen MR) is 113 cm³/mol. The van der Waals surface area contributed by atoms with Gasteiger partial charge in [0.05, 0.1) is 17.1 Å². The van der Waals surface area contributed by atoms with Crippen LogP contribution in [0.4, 0.5) is 0 Å². The van der Waals surface area contributed by atoms with Crippen LogP contribution < -0.4 is 4.72 Å². The number of nitrogens with zero attached hydrogens (tertiary/aromatic N) is 1. The minimum atomic E-state index is -4.29. The molecule has 0 aliphatic carbocycles. The third kappa shape index (κ3) is 5.40. The summed E-state index contributed by atoms with van der Waals surface area (Å²) in [5, 5.41) is 1.08. The number of likely N-dealkylation sites (N-methyl/N-ethyl adjacent to an activating group) is 1. The van der Waals surface area contributed by atoms with Crippen LogP contribution in [-0.2, 0) is 21.0 Å². The minimum absolute atomic E-state index is 0.0197. The molecule has 0 saturated carbocycles. The van der Waals surface area contributed by atoms with Gasteiger partial charge in [0.25, 0.3) is 0 Å². The first-order chi connectivity index (χ1) is 13.5. The second-order valence-corrected chi connectivity index (χ2v) is 11.3. The van der Waals surface area contributed by atoms with Gasteiger partial charge in [-0.1, -0.05) is 35.3 Å². The number of rotatable bonds is 6. The van der Waals surface area contributed by atoms with Crippen LogP contribution in [-0.4, -0.2) is 49.4 Å². The van der Waals surface area contributed by atoms with Gasteiger partial charge in [0.2, 0.25) is 10.0 Å². The second kappa shape index (κ2) is 8.65. The molecule has 11 heteroatoms. The van der Waals surface area contributed by atoms with Crippen LogP contribution in [0.2, 0.25) is 10.0 Å². The normalized spacial score (nSPS) is 17.9. The molecule has 1 aliphatic rings. The highest BCUT2D eigenvalue weighted by Gasteiger charge is 2.30. The van der Waals surface area contributed by atoms with Crippen molar-refractivity contribution in [3.05, 3.63) is 63.1 Å². The quantitative estimate of drug-likeness (QED) is 0.550. The molecule has 3 N–H and O–H groups in total. The van der Waals surface area contributed by atoms with Gasteiger partial charge in [-0.3, -0.25) is 9.46 Å². The van der Waals surface area contributed by atoms with E-state index in [2.05, 4.69) is 9.62 Å². The van der Waals surface area contributed by atoms with Crippen LogP contribution in [0.25, 0.3) is 0 Å². The number of hydrogen-bond acceptors (Lipinski definition) is 4. The molecule has 1 unspecified atom stereocenters. The molecule has 1 aliphatic heterocycles. The summed E-state index contributed by atoms with van der Waals surface area (Å²) in [6.07, 6.45) is 0.214. The Morgan fingerprint density at radius 3 is 2.66 bits per heavy atom. The van der Waals surface area contributed by atoms with Crippen LogP contribution in [0.3, 0.4) is 0 Å². The Morgan fingerprint density at radius 1 is 1.24 bits per heavy atom. The molecule has 158 valence electrons. The summed E-state index contributed by atoms with van der Waals surface area (Å²) < 4.78 is 38.3. The molecule has 0 spiro atoms. The standard InChI is InChI=1S/C18H21Cl2N2O5PS/c1-22-7-5-12-9-14(19)11-16(20)17(12)18(22)13-3-2-4-15(10-13)29(26,27)21-6-8-28(23,24)25/h2-4,9-11,18,21H,5-8H2,1H3,(H2,23,24,25). The van der Waals surface area contributed by atoms with Gasteiger partial charge in [-0.15, -0.1) is 0 Å². The van der Waals surface area contributed by atoms with Crippen molar-refractivity contribution in [3.8, 4) is 0 Å². The average Bonchev–Trinajstić information content (AvgIpc) is 2.61. The van der Waals surface area contributed by atoms with E-state index >= 15 is 0 Å². The fraction of sp³-hybridized carbons (Fsp3) is 0.333. The summed E-state index contributed by atoms with van der Waals surface area (Å²) in [6.45, 7) is 0.402. The van der Waals surface area contributed by atoms with Gasteiger partial charge >= 0.3 is 7.60 Å². The number of hydrogen-bond donors (Lipinski definition) is 3. The first-order valence-electron chi connectivity index (χ1n) is 8.80.